The quantitative estimate of drug-likeness (QED) is 0.546. The first kappa shape index (κ1) is 20.1. The van der Waals surface area contributed by atoms with Gasteiger partial charge in [-0.15, -0.1) is 10.2 Å². The number of carbonyl (C=O) groups is 1. The summed E-state index contributed by atoms with van der Waals surface area (Å²) in [6.07, 6.45) is 0. The van der Waals surface area contributed by atoms with Crippen molar-refractivity contribution in [2.24, 2.45) is 0 Å². The lowest BCUT2D eigenvalue weighted by molar-refractivity contribution is -0.131. The first-order chi connectivity index (χ1) is 13.5. The Morgan fingerprint density at radius 2 is 1.50 bits per heavy atom. The van der Waals surface area contributed by atoms with Crippen LogP contribution in [0.3, 0.4) is 0 Å². The van der Waals surface area contributed by atoms with Crippen LogP contribution in [-0.2, 0) is 4.79 Å². The van der Waals surface area contributed by atoms with Crippen molar-refractivity contribution in [1.82, 2.24) is 19.7 Å². The minimum atomic E-state index is 0.110. The van der Waals surface area contributed by atoms with Crippen LogP contribution in [0.25, 0.3) is 17.1 Å². The fourth-order valence-electron chi connectivity index (χ4n) is 3.32. The highest BCUT2D eigenvalue weighted by Gasteiger charge is 2.22. The van der Waals surface area contributed by atoms with Crippen LogP contribution in [-0.4, -0.2) is 43.4 Å². The van der Waals surface area contributed by atoms with Crippen molar-refractivity contribution in [3.8, 4) is 17.1 Å². The molecule has 5 nitrogen and oxygen atoms in total. The van der Waals surface area contributed by atoms with Gasteiger partial charge in [0.1, 0.15) is 0 Å². The summed E-state index contributed by atoms with van der Waals surface area (Å²) in [6.45, 7) is 8.18. The standard InChI is InChI=1S/C22H26N4OS/c1-16(2)25(17(3)4)20(27)15-28-22-24-23-21(18-11-7-5-8-12-18)26(22)19-13-9-6-10-14-19/h5-14,16-17H,15H2,1-4H3. The molecule has 0 aliphatic rings. The SMILES string of the molecule is CC(C)N(C(=O)CSc1nnc(-c2ccccc2)n1-c1ccccc1)C(C)C. The van der Waals surface area contributed by atoms with E-state index in [1.54, 1.807) is 0 Å². The summed E-state index contributed by atoms with van der Waals surface area (Å²) in [5.74, 6) is 1.21. The van der Waals surface area contributed by atoms with Gasteiger partial charge in [-0.3, -0.25) is 9.36 Å². The number of rotatable bonds is 7. The fourth-order valence-corrected chi connectivity index (χ4v) is 4.14. The highest BCUT2D eigenvalue weighted by Crippen LogP contribution is 2.28. The Kier molecular flexibility index (Phi) is 6.52. The fraction of sp³-hybridized carbons (Fsp3) is 0.318. The third-order valence-corrected chi connectivity index (χ3v) is 5.32. The number of aromatic nitrogens is 3. The minimum Gasteiger partial charge on any atom is -0.337 e. The molecule has 1 amide bonds. The first-order valence-corrected chi connectivity index (χ1v) is 10.5. The molecule has 2 aromatic carbocycles. The number of hydrogen-bond donors (Lipinski definition) is 0. The molecule has 6 heteroatoms. The summed E-state index contributed by atoms with van der Waals surface area (Å²) >= 11 is 1.43. The number of carbonyl (C=O) groups excluding carboxylic acids is 1. The van der Waals surface area contributed by atoms with Crippen LogP contribution in [0.5, 0.6) is 0 Å². The maximum absolute atomic E-state index is 12.8. The van der Waals surface area contributed by atoms with Crippen molar-refractivity contribution < 1.29 is 4.79 Å². The second kappa shape index (κ2) is 9.06. The Bertz CT molecular complexity index is 899. The first-order valence-electron chi connectivity index (χ1n) is 9.49. The van der Waals surface area contributed by atoms with Crippen LogP contribution in [0.1, 0.15) is 27.7 Å². The van der Waals surface area contributed by atoms with Crippen molar-refractivity contribution >= 4 is 17.7 Å². The molecule has 0 N–H and O–H groups in total. The number of hydrogen-bond acceptors (Lipinski definition) is 4. The molecule has 146 valence electrons. The minimum absolute atomic E-state index is 0.110. The molecule has 0 atom stereocenters. The van der Waals surface area contributed by atoms with Crippen molar-refractivity contribution in [3.63, 3.8) is 0 Å². The Morgan fingerprint density at radius 3 is 2.07 bits per heavy atom. The molecule has 0 saturated heterocycles. The Hall–Kier alpha value is -2.60. The highest BCUT2D eigenvalue weighted by atomic mass is 32.2. The molecule has 0 radical (unpaired) electrons. The van der Waals surface area contributed by atoms with Gasteiger partial charge in [-0.1, -0.05) is 60.3 Å². The summed E-state index contributed by atoms with van der Waals surface area (Å²) in [5.41, 5.74) is 1.97. The molecule has 3 aromatic rings. The number of benzene rings is 2. The molecule has 3 rings (SSSR count). The molecule has 0 bridgehead atoms. The Balaban J connectivity index is 1.92. The average molecular weight is 395 g/mol. The van der Waals surface area contributed by atoms with Gasteiger partial charge in [0, 0.05) is 23.3 Å². The maximum atomic E-state index is 12.8. The van der Waals surface area contributed by atoms with Crippen molar-refractivity contribution in [3.05, 3.63) is 60.7 Å². The van der Waals surface area contributed by atoms with Crippen LogP contribution in [0.4, 0.5) is 0 Å². The van der Waals surface area contributed by atoms with E-state index in [0.29, 0.717) is 10.9 Å². The van der Waals surface area contributed by atoms with E-state index in [2.05, 4.69) is 10.2 Å². The lowest BCUT2D eigenvalue weighted by atomic mass is 10.2. The monoisotopic (exact) mass is 394 g/mol. The van der Waals surface area contributed by atoms with Crippen molar-refractivity contribution in [2.45, 2.75) is 44.9 Å². The number of nitrogens with zero attached hydrogens (tertiary/aromatic N) is 4. The molecule has 0 fully saturated rings. The van der Waals surface area contributed by atoms with Crippen LogP contribution >= 0.6 is 11.8 Å². The van der Waals surface area contributed by atoms with Gasteiger partial charge in [0.2, 0.25) is 5.91 Å². The zero-order valence-electron chi connectivity index (χ0n) is 16.7. The molecule has 0 spiro atoms. The van der Waals surface area contributed by atoms with Crippen LogP contribution in [0.15, 0.2) is 65.8 Å². The molecular formula is C22H26N4OS. The lowest BCUT2D eigenvalue weighted by Crippen LogP contribution is -2.43. The predicted molar refractivity (Wildman–Crippen MR) is 115 cm³/mol. The topological polar surface area (TPSA) is 51.0 Å². The highest BCUT2D eigenvalue weighted by molar-refractivity contribution is 7.99. The van der Waals surface area contributed by atoms with E-state index < -0.39 is 0 Å². The number of para-hydroxylation sites is 1. The van der Waals surface area contributed by atoms with Crippen LogP contribution in [0.2, 0.25) is 0 Å². The van der Waals surface area contributed by atoms with E-state index in [1.165, 1.54) is 11.8 Å². The predicted octanol–water partition coefficient (Wildman–Crippen LogP) is 4.67. The van der Waals surface area contributed by atoms with Gasteiger partial charge in [-0.25, -0.2) is 0 Å². The third kappa shape index (κ3) is 4.44. The third-order valence-electron chi connectivity index (χ3n) is 4.41. The maximum Gasteiger partial charge on any atom is 0.233 e. The number of amides is 1. The largest absolute Gasteiger partial charge is 0.337 e. The second-order valence-electron chi connectivity index (χ2n) is 7.12. The van der Waals surface area contributed by atoms with Gasteiger partial charge in [0.25, 0.3) is 0 Å². The summed E-state index contributed by atoms with van der Waals surface area (Å²) in [4.78, 5) is 14.7. The van der Waals surface area contributed by atoms with Gasteiger partial charge in [0.15, 0.2) is 11.0 Å². The summed E-state index contributed by atoms with van der Waals surface area (Å²) in [6, 6.07) is 20.3. The molecule has 0 saturated carbocycles. The number of thioether (sulfide) groups is 1. The second-order valence-corrected chi connectivity index (χ2v) is 8.06. The van der Waals surface area contributed by atoms with E-state index >= 15 is 0 Å². The molecular weight excluding hydrogens is 368 g/mol. The molecule has 0 aliphatic heterocycles. The van der Waals surface area contributed by atoms with E-state index in [-0.39, 0.29) is 18.0 Å². The molecule has 0 unspecified atom stereocenters. The smallest absolute Gasteiger partial charge is 0.233 e. The van der Waals surface area contributed by atoms with E-state index in [1.807, 2.05) is 97.8 Å². The van der Waals surface area contributed by atoms with Gasteiger partial charge in [0.05, 0.1) is 5.75 Å². The van der Waals surface area contributed by atoms with E-state index in [4.69, 9.17) is 0 Å². The molecule has 28 heavy (non-hydrogen) atoms. The summed E-state index contributed by atoms with van der Waals surface area (Å²) in [5, 5.41) is 9.53. The summed E-state index contributed by atoms with van der Waals surface area (Å²) in [7, 11) is 0. The van der Waals surface area contributed by atoms with Crippen LogP contribution < -0.4 is 0 Å². The van der Waals surface area contributed by atoms with E-state index in [9.17, 15) is 4.79 Å². The van der Waals surface area contributed by atoms with Gasteiger partial charge >= 0.3 is 0 Å². The van der Waals surface area contributed by atoms with Gasteiger partial charge in [-0.05, 0) is 39.8 Å². The zero-order chi connectivity index (χ0) is 20.1. The molecule has 0 aliphatic carbocycles. The molecule has 1 aromatic heterocycles. The lowest BCUT2D eigenvalue weighted by Gasteiger charge is -2.30. The van der Waals surface area contributed by atoms with E-state index in [0.717, 1.165) is 17.1 Å². The Morgan fingerprint density at radius 1 is 0.929 bits per heavy atom. The Labute approximate surface area is 170 Å². The average Bonchev–Trinajstić information content (AvgIpc) is 3.11. The zero-order valence-corrected chi connectivity index (χ0v) is 17.6. The normalized spacial score (nSPS) is 11.2. The van der Waals surface area contributed by atoms with Crippen LogP contribution in [0, 0.1) is 0 Å². The van der Waals surface area contributed by atoms with Crippen molar-refractivity contribution in [2.75, 3.05) is 5.75 Å². The van der Waals surface area contributed by atoms with Gasteiger partial charge in [-0.2, -0.15) is 0 Å². The van der Waals surface area contributed by atoms with Crippen molar-refractivity contribution in [1.29, 1.82) is 0 Å². The van der Waals surface area contributed by atoms with Gasteiger partial charge < -0.3 is 4.90 Å². The molecule has 1 heterocycles. The summed E-state index contributed by atoms with van der Waals surface area (Å²) < 4.78 is 2.02.